The predicted molar refractivity (Wildman–Crippen MR) is 60.6 cm³/mol. The van der Waals surface area contributed by atoms with E-state index in [1.165, 1.54) is 6.33 Å². The highest BCUT2D eigenvalue weighted by Gasteiger charge is 2.17. The van der Waals surface area contributed by atoms with E-state index in [1.54, 1.807) is 6.33 Å². The van der Waals surface area contributed by atoms with Crippen LogP contribution >= 0.6 is 0 Å². The molecule has 0 amide bonds. The standard InChI is InChI=1S/C9H16N8/c1-6(2)17-8(11-5-14-17)3-7(15-10)9-12-4-13-16-9/h4-7,15H,3,10H2,1-2H3,(H,12,13,16). The van der Waals surface area contributed by atoms with E-state index < -0.39 is 0 Å². The van der Waals surface area contributed by atoms with Crippen LogP contribution in [0, 0.1) is 0 Å². The zero-order chi connectivity index (χ0) is 12.3. The second-order valence-corrected chi connectivity index (χ2v) is 4.01. The Morgan fingerprint density at radius 3 is 2.82 bits per heavy atom. The highest BCUT2D eigenvalue weighted by atomic mass is 15.4. The highest BCUT2D eigenvalue weighted by Crippen LogP contribution is 2.14. The Bertz CT molecular complexity index is 445. The number of aromatic amines is 1. The third-order valence-electron chi connectivity index (χ3n) is 2.49. The van der Waals surface area contributed by atoms with E-state index in [0.29, 0.717) is 12.2 Å². The van der Waals surface area contributed by atoms with Crippen molar-refractivity contribution in [2.45, 2.75) is 32.4 Å². The zero-order valence-electron chi connectivity index (χ0n) is 9.83. The molecule has 4 N–H and O–H groups in total. The van der Waals surface area contributed by atoms with Gasteiger partial charge in [0.15, 0.2) is 0 Å². The minimum absolute atomic E-state index is 0.154. The monoisotopic (exact) mass is 236 g/mol. The third-order valence-corrected chi connectivity index (χ3v) is 2.49. The van der Waals surface area contributed by atoms with E-state index in [4.69, 9.17) is 5.84 Å². The number of hydrogen-bond acceptors (Lipinski definition) is 6. The lowest BCUT2D eigenvalue weighted by molar-refractivity contribution is 0.459. The van der Waals surface area contributed by atoms with Crippen LogP contribution in [0.5, 0.6) is 0 Å². The molecular weight excluding hydrogens is 220 g/mol. The number of H-pyrrole nitrogens is 1. The molecule has 2 aromatic heterocycles. The van der Waals surface area contributed by atoms with Gasteiger partial charge < -0.3 is 0 Å². The number of aromatic nitrogens is 6. The van der Waals surface area contributed by atoms with Crippen LogP contribution in [-0.4, -0.2) is 29.9 Å². The average Bonchev–Trinajstić information content (AvgIpc) is 2.96. The van der Waals surface area contributed by atoms with Gasteiger partial charge in [-0.3, -0.25) is 10.9 Å². The van der Waals surface area contributed by atoms with Crippen LogP contribution in [0.25, 0.3) is 0 Å². The van der Waals surface area contributed by atoms with Crippen LogP contribution in [0.4, 0.5) is 0 Å². The van der Waals surface area contributed by atoms with Crippen molar-refractivity contribution in [3.8, 4) is 0 Å². The van der Waals surface area contributed by atoms with E-state index >= 15 is 0 Å². The Morgan fingerprint density at radius 2 is 2.24 bits per heavy atom. The fourth-order valence-electron chi connectivity index (χ4n) is 1.65. The average molecular weight is 236 g/mol. The van der Waals surface area contributed by atoms with Crippen LogP contribution in [0.15, 0.2) is 12.7 Å². The molecule has 0 fully saturated rings. The molecule has 1 atom stereocenters. The van der Waals surface area contributed by atoms with Gasteiger partial charge in [-0.2, -0.15) is 10.2 Å². The molecule has 0 bridgehead atoms. The molecule has 0 aromatic carbocycles. The Kier molecular flexibility index (Phi) is 3.45. The van der Waals surface area contributed by atoms with Crippen molar-refractivity contribution in [3.05, 3.63) is 24.3 Å². The summed E-state index contributed by atoms with van der Waals surface area (Å²) < 4.78 is 1.86. The lowest BCUT2D eigenvalue weighted by Gasteiger charge is -2.14. The van der Waals surface area contributed by atoms with Gasteiger partial charge in [0.05, 0.1) is 6.04 Å². The van der Waals surface area contributed by atoms with Gasteiger partial charge in [-0.25, -0.2) is 20.1 Å². The van der Waals surface area contributed by atoms with Crippen LogP contribution < -0.4 is 11.3 Å². The van der Waals surface area contributed by atoms with Crippen molar-refractivity contribution in [1.29, 1.82) is 0 Å². The normalized spacial score (nSPS) is 13.2. The lowest BCUT2D eigenvalue weighted by atomic mass is 10.2. The molecule has 0 saturated carbocycles. The van der Waals surface area contributed by atoms with Gasteiger partial charge >= 0.3 is 0 Å². The molecular formula is C9H16N8. The van der Waals surface area contributed by atoms with Crippen molar-refractivity contribution in [1.82, 2.24) is 35.4 Å². The predicted octanol–water partition coefficient (Wildman–Crippen LogP) is -0.276. The molecule has 17 heavy (non-hydrogen) atoms. The first kappa shape index (κ1) is 11.7. The van der Waals surface area contributed by atoms with E-state index in [9.17, 15) is 0 Å². The maximum Gasteiger partial charge on any atom is 0.143 e. The quantitative estimate of drug-likeness (QED) is 0.486. The molecule has 0 aliphatic rings. The van der Waals surface area contributed by atoms with Crippen molar-refractivity contribution >= 4 is 0 Å². The fourth-order valence-corrected chi connectivity index (χ4v) is 1.65. The molecule has 0 aliphatic carbocycles. The van der Waals surface area contributed by atoms with Gasteiger partial charge in [0.25, 0.3) is 0 Å². The zero-order valence-corrected chi connectivity index (χ0v) is 9.83. The summed E-state index contributed by atoms with van der Waals surface area (Å²) in [5.74, 6) is 7.06. The van der Waals surface area contributed by atoms with Crippen LogP contribution in [0.2, 0.25) is 0 Å². The smallest absolute Gasteiger partial charge is 0.143 e. The molecule has 2 rings (SSSR count). The third kappa shape index (κ3) is 2.48. The SMILES string of the molecule is CC(C)n1ncnc1CC(NN)c1ncn[nH]1. The van der Waals surface area contributed by atoms with Gasteiger partial charge in [0, 0.05) is 12.5 Å². The van der Waals surface area contributed by atoms with Gasteiger partial charge in [-0.1, -0.05) is 0 Å². The lowest BCUT2D eigenvalue weighted by Crippen LogP contribution is -2.31. The summed E-state index contributed by atoms with van der Waals surface area (Å²) >= 11 is 0. The molecule has 8 nitrogen and oxygen atoms in total. The second kappa shape index (κ2) is 5.02. The highest BCUT2D eigenvalue weighted by molar-refractivity contribution is 4.98. The Labute approximate surface area is 98.6 Å². The number of nitrogens with one attached hydrogen (secondary N) is 2. The Hall–Kier alpha value is -1.80. The van der Waals surface area contributed by atoms with Crippen molar-refractivity contribution in [2.24, 2.45) is 5.84 Å². The molecule has 0 radical (unpaired) electrons. The summed E-state index contributed by atoms with van der Waals surface area (Å²) in [4.78, 5) is 8.31. The maximum atomic E-state index is 5.51. The minimum Gasteiger partial charge on any atom is -0.271 e. The summed E-state index contributed by atoms with van der Waals surface area (Å²) in [5.41, 5.74) is 2.69. The molecule has 0 aliphatic heterocycles. The summed E-state index contributed by atoms with van der Waals surface area (Å²) in [7, 11) is 0. The molecule has 2 heterocycles. The first-order valence-electron chi connectivity index (χ1n) is 5.42. The molecule has 0 spiro atoms. The van der Waals surface area contributed by atoms with E-state index in [0.717, 1.165) is 5.82 Å². The van der Waals surface area contributed by atoms with E-state index in [2.05, 4.69) is 44.5 Å². The topological polar surface area (TPSA) is 110 Å². The van der Waals surface area contributed by atoms with Crippen molar-refractivity contribution in [2.75, 3.05) is 0 Å². The largest absolute Gasteiger partial charge is 0.271 e. The van der Waals surface area contributed by atoms with Crippen molar-refractivity contribution in [3.63, 3.8) is 0 Å². The van der Waals surface area contributed by atoms with Crippen LogP contribution in [0.1, 0.15) is 37.6 Å². The van der Waals surface area contributed by atoms with Crippen molar-refractivity contribution < 1.29 is 0 Å². The Balaban J connectivity index is 2.16. The number of nitrogens with two attached hydrogens (primary N) is 1. The van der Waals surface area contributed by atoms with E-state index in [1.807, 2.05) is 4.68 Å². The summed E-state index contributed by atoms with van der Waals surface area (Å²) in [6, 6.07) is 0.111. The van der Waals surface area contributed by atoms with Crippen LogP contribution in [0.3, 0.4) is 0 Å². The number of hydrogen-bond donors (Lipinski definition) is 3. The first-order chi connectivity index (χ1) is 8.22. The number of rotatable bonds is 5. The summed E-state index contributed by atoms with van der Waals surface area (Å²) in [6.07, 6.45) is 3.60. The van der Waals surface area contributed by atoms with Gasteiger partial charge in [0.1, 0.15) is 24.3 Å². The fraction of sp³-hybridized carbons (Fsp3) is 0.556. The summed E-state index contributed by atoms with van der Waals surface area (Å²) in [5, 5.41) is 10.8. The number of hydrazine groups is 1. The number of nitrogens with zero attached hydrogens (tertiary/aromatic N) is 5. The van der Waals surface area contributed by atoms with Crippen LogP contribution in [-0.2, 0) is 6.42 Å². The maximum absolute atomic E-state index is 5.51. The molecule has 8 heteroatoms. The summed E-state index contributed by atoms with van der Waals surface area (Å²) in [6.45, 7) is 4.11. The van der Waals surface area contributed by atoms with E-state index in [-0.39, 0.29) is 12.1 Å². The Morgan fingerprint density at radius 1 is 1.41 bits per heavy atom. The van der Waals surface area contributed by atoms with Gasteiger partial charge in [-0.05, 0) is 13.8 Å². The first-order valence-corrected chi connectivity index (χ1v) is 5.42. The molecule has 2 aromatic rings. The molecule has 1 unspecified atom stereocenters. The molecule has 92 valence electrons. The van der Waals surface area contributed by atoms with Gasteiger partial charge in [-0.15, -0.1) is 0 Å². The minimum atomic E-state index is -0.154. The second-order valence-electron chi connectivity index (χ2n) is 4.01. The van der Waals surface area contributed by atoms with Gasteiger partial charge in [0.2, 0.25) is 0 Å². The molecule has 0 saturated heterocycles.